The van der Waals surface area contributed by atoms with Crippen molar-refractivity contribution in [3.05, 3.63) is 54.1 Å². The van der Waals surface area contributed by atoms with Gasteiger partial charge in [0.05, 0.1) is 0 Å². The Balaban J connectivity index is 1.94. The van der Waals surface area contributed by atoms with E-state index in [1.54, 1.807) is 36.3 Å². The van der Waals surface area contributed by atoms with E-state index in [2.05, 4.69) is 10.4 Å². The van der Waals surface area contributed by atoms with Gasteiger partial charge in [-0.05, 0) is 36.2 Å². The lowest BCUT2D eigenvalue weighted by Crippen LogP contribution is -2.38. The molecule has 2 aromatic rings. The summed E-state index contributed by atoms with van der Waals surface area (Å²) in [6, 6.07) is 8.31. The number of hydrogen-bond donors (Lipinski definition) is 3. The van der Waals surface area contributed by atoms with Gasteiger partial charge in [0.15, 0.2) is 0 Å². The Morgan fingerprint density at radius 3 is 2.90 bits per heavy atom. The Morgan fingerprint density at radius 1 is 1.35 bits per heavy atom. The van der Waals surface area contributed by atoms with Gasteiger partial charge >= 0.3 is 0 Å². The van der Waals surface area contributed by atoms with Crippen molar-refractivity contribution in [1.82, 2.24) is 10.4 Å². The lowest BCUT2D eigenvalue weighted by atomic mass is 10.1. The fourth-order valence-electron chi connectivity index (χ4n) is 1.79. The molecule has 0 aliphatic heterocycles. The second-order valence-electron chi connectivity index (χ2n) is 4.41. The highest BCUT2D eigenvalue weighted by molar-refractivity contribution is 7.99. The summed E-state index contributed by atoms with van der Waals surface area (Å²) in [6.45, 7) is 0. The van der Waals surface area contributed by atoms with Crippen LogP contribution in [0, 0.1) is 5.82 Å². The molecule has 1 atom stereocenters. The van der Waals surface area contributed by atoms with E-state index in [1.165, 1.54) is 12.1 Å². The van der Waals surface area contributed by atoms with Crippen molar-refractivity contribution >= 4 is 17.4 Å². The van der Waals surface area contributed by atoms with Gasteiger partial charge in [0.2, 0.25) is 0 Å². The molecule has 1 aromatic carbocycles. The predicted octanol–water partition coefficient (Wildman–Crippen LogP) is 1.97. The standard InChI is InChI=1S/C14H17FN4S/c15-11-2-1-3-13(7-11)20-9-12(19-17)6-10-8-18-5-4-14(10)16/h1-5,7-8,12,19H,6,9,17H2,(H2,16,18). The number of thioether (sulfide) groups is 1. The Labute approximate surface area is 121 Å². The van der Waals surface area contributed by atoms with Crippen molar-refractivity contribution in [2.75, 3.05) is 11.5 Å². The van der Waals surface area contributed by atoms with Crippen LogP contribution in [-0.2, 0) is 6.42 Å². The average molecular weight is 292 g/mol. The number of rotatable bonds is 6. The number of aromatic nitrogens is 1. The number of nitrogens with zero attached hydrogens (tertiary/aromatic N) is 1. The van der Waals surface area contributed by atoms with Crippen LogP contribution in [0.1, 0.15) is 5.56 Å². The number of pyridine rings is 1. The van der Waals surface area contributed by atoms with Gasteiger partial charge in [0.25, 0.3) is 0 Å². The van der Waals surface area contributed by atoms with Crippen LogP contribution in [0.5, 0.6) is 0 Å². The summed E-state index contributed by atoms with van der Waals surface area (Å²) in [5, 5.41) is 0. The van der Waals surface area contributed by atoms with Crippen LogP contribution in [-0.4, -0.2) is 16.8 Å². The van der Waals surface area contributed by atoms with Gasteiger partial charge in [-0.25, -0.2) is 4.39 Å². The Hall–Kier alpha value is -1.63. The zero-order valence-electron chi connectivity index (χ0n) is 10.9. The molecule has 4 nitrogen and oxygen atoms in total. The van der Waals surface area contributed by atoms with Crippen molar-refractivity contribution in [2.45, 2.75) is 17.4 Å². The normalized spacial score (nSPS) is 12.3. The molecule has 2 rings (SSSR count). The van der Waals surface area contributed by atoms with Crippen LogP contribution in [0.4, 0.5) is 10.1 Å². The number of nitrogens with two attached hydrogens (primary N) is 2. The third kappa shape index (κ3) is 4.19. The molecular weight excluding hydrogens is 275 g/mol. The Morgan fingerprint density at radius 2 is 2.20 bits per heavy atom. The van der Waals surface area contributed by atoms with Crippen molar-refractivity contribution in [2.24, 2.45) is 5.84 Å². The summed E-state index contributed by atoms with van der Waals surface area (Å²) in [4.78, 5) is 4.94. The second-order valence-corrected chi connectivity index (χ2v) is 5.50. The molecule has 5 N–H and O–H groups in total. The van der Waals surface area contributed by atoms with Gasteiger partial charge in [-0.2, -0.15) is 0 Å². The number of nitrogen functional groups attached to an aromatic ring is 1. The smallest absolute Gasteiger partial charge is 0.124 e. The number of anilines is 1. The summed E-state index contributed by atoms with van der Waals surface area (Å²) in [5.74, 6) is 6.05. The van der Waals surface area contributed by atoms with Crippen molar-refractivity contribution in [3.8, 4) is 0 Å². The molecule has 0 saturated carbocycles. The van der Waals surface area contributed by atoms with E-state index in [9.17, 15) is 4.39 Å². The molecule has 6 heteroatoms. The number of hydrazine groups is 1. The van der Waals surface area contributed by atoms with Gasteiger partial charge in [-0.3, -0.25) is 16.3 Å². The summed E-state index contributed by atoms with van der Waals surface area (Å²) in [5.41, 5.74) is 10.3. The van der Waals surface area contributed by atoms with Gasteiger partial charge in [-0.15, -0.1) is 11.8 Å². The topological polar surface area (TPSA) is 77.0 Å². The molecule has 1 heterocycles. The number of hydrogen-bond acceptors (Lipinski definition) is 5. The molecule has 0 bridgehead atoms. The van der Waals surface area contributed by atoms with Crippen molar-refractivity contribution in [1.29, 1.82) is 0 Å². The van der Waals surface area contributed by atoms with E-state index >= 15 is 0 Å². The molecular formula is C14H17FN4S. The fourth-order valence-corrected chi connectivity index (χ4v) is 2.77. The first-order valence-electron chi connectivity index (χ1n) is 6.22. The SMILES string of the molecule is NNC(CSc1cccc(F)c1)Cc1cnccc1N. The molecule has 0 spiro atoms. The average Bonchev–Trinajstić information content (AvgIpc) is 2.45. The van der Waals surface area contributed by atoms with Crippen LogP contribution in [0.3, 0.4) is 0 Å². The quantitative estimate of drug-likeness (QED) is 0.431. The molecule has 0 aliphatic rings. The Bertz CT molecular complexity index is 564. The van der Waals surface area contributed by atoms with Gasteiger partial charge in [0, 0.05) is 34.8 Å². The fraction of sp³-hybridized carbons (Fsp3) is 0.214. The maximum atomic E-state index is 13.1. The molecule has 1 unspecified atom stereocenters. The monoisotopic (exact) mass is 292 g/mol. The van der Waals surface area contributed by atoms with Crippen LogP contribution in [0.25, 0.3) is 0 Å². The van der Waals surface area contributed by atoms with E-state index in [0.717, 1.165) is 10.5 Å². The maximum absolute atomic E-state index is 13.1. The minimum Gasteiger partial charge on any atom is -0.398 e. The first-order chi connectivity index (χ1) is 9.69. The summed E-state index contributed by atoms with van der Waals surface area (Å²) in [6.07, 6.45) is 4.08. The van der Waals surface area contributed by atoms with E-state index in [-0.39, 0.29) is 11.9 Å². The van der Waals surface area contributed by atoms with E-state index in [4.69, 9.17) is 11.6 Å². The lowest BCUT2D eigenvalue weighted by Gasteiger charge is -2.16. The molecule has 106 valence electrons. The summed E-state index contributed by atoms with van der Waals surface area (Å²) >= 11 is 1.55. The van der Waals surface area contributed by atoms with E-state index in [0.29, 0.717) is 17.9 Å². The highest BCUT2D eigenvalue weighted by Gasteiger charge is 2.11. The zero-order valence-corrected chi connectivity index (χ0v) is 11.7. The van der Waals surface area contributed by atoms with Gasteiger partial charge in [-0.1, -0.05) is 6.07 Å². The molecule has 0 radical (unpaired) electrons. The number of nitrogens with one attached hydrogen (secondary N) is 1. The zero-order chi connectivity index (χ0) is 14.4. The Kier molecular flexibility index (Phi) is 5.34. The molecule has 0 amide bonds. The first kappa shape index (κ1) is 14.8. The van der Waals surface area contributed by atoms with Crippen LogP contribution in [0.2, 0.25) is 0 Å². The second kappa shape index (κ2) is 7.23. The van der Waals surface area contributed by atoms with E-state index in [1.807, 2.05) is 6.07 Å². The molecule has 0 saturated heterocycles. The van der Waals surface area contributed by atoms with E-state index < -0.39 is 0 Å². The minimum absolute atomic E-state index is 0.0368. The number of halogens is 1. The predicted molar refractivity (Wildman–Crippen MR) is 80.6 cm³/mol. The van der Waals surface area contributed by atoms with Gasteiger partial charge < -0.3 is 5.73 Å². The molecule has 1 aromatic heterocycles. The van der Waals surface area contributed by atoms with Crippen LogP contribution < -0.4 is 17.0 Å². The van der Waals surface area contributed by atoms with Crippen molar-refractivity contribution < 1.29 is 4.39 Å². The van der Waals surface area contributed by atoms with Crippen molar-refractivity contribution in [3.63, 3.8) is 0 Å². The molecule has 20 heavy (non-hydrogen) atoms. The maximum Gasteiger partial charge on any atom is 0.124 e. The van der Waals surface area contributed by atoms with Crippen LogP contribution in [0.15, 0.2) is 47.6 Å². The minimum atomic E-state index is -0.233. The summed E-state index contributed by atoms with van der Waals surface area (Å²) < 4.78 is 13.1. The molecule has 0 fully saturated rings. The highest BCUT2D eigenvalue weighted by atomic mass is 32.2. The van der Waals surface area contributed by atoms with Gasteiger partial charge in [0.1, 0.15) is 5.82 Å². The third-order valence-electron chi connectivity index (χ3n) is 2.89. The first-order valence-corrected chi connectivity index (χ1v) is 7.20. The summed E-state index contributed by atoms with van der Waals surface area (Å²) in [7, 11) is 0. The largest absolute Gasteiger partial charge is 0.398 e. The molecule has 0 aliphatic carbocycles. The number of benzene rings is 1. The lowest BCUT2D eigenvalue weighted by molar-refractivity contribution is 0.575. The third-order valence-corrected chi connectivity index (χ3v) is 4.05. The van der Waals surface area contributed by atoms with Crippen LogP contribution >= 0.6 is 11.8 Å². The highest BCUT2D eigenvalue weighted by Crippen LogP contribution is 2.21.